The normalized spacial score (nSPS) is 28.3. The molecule has 3 unspecified atom stereocenters. The van der Waals surface area contributed by atoms with E-state index in [0.717, 1.165) is 49.2 Å². The number of aliphatic hydroxyl groups excluding tert-OH is 1. The van der Waals surface area contributed by atoms with Crippen molar-refractivity contribution in [1.82, 2.24) is 4.90 Å². The third-order valence-electron chi connectivity index (χ3n) is 7.97. The summed E-state index contributed by atoms with van der Waals surface area (Å²) >= 11 is 0. The minimum Gasteiger partial charge on any atom is -0.497 e. The molecule has 8 nitrogen and oxygen atoms in total. The zero-order valence-corrected chi connectivity index (χ0v) is 19.7. The van der Waals surface area contributed by atoms with Crippen LogP contribution in [0, 0.1) is 0 Å². The summed E-state index contributed by atoms with van der Waals surface area (Å²) in [6, 6.07) is 12.3. The Bertz CT molecular complexity index is 1170. The van der Waals surface area contributed by atoms with Crippen LogP contribution >= 0.6 is 0 Å². The van der Waals surface area contributed by atoms with Crippen LogP contribution in [0.1, 0.15) is 41.5 Å². The molecule has 3 heterocycles. The zero-order chi connectivity index (χ0) is 24.2. The fourth-order valence-electron chi connectivity index (χ4n) is 6.29. The van der Waals surface area contributed by atoms with E-state index in [-0.39, 0.29) is 18.2 Å². The number of benzene rings is 2. The molecule has 2 aromatic rings. The third kappa shape index (κ3) is 3.51. The molecule has 0 saturated carbocycles. The Kier molecular flexibility index (Phi) is 5.47. The van der Waals surface area contributed by atoms with Crippen LogP contribution < -0.4 is 15.2 Å². The van der Waals surface area contributed by atoms with E-state index >= 15 is 0 Å². The van der Waals surface area contributed by atoms with Crippen LogP contribution in [0.3, 0.4) is 0 Å². The Labute approximate surface area is 204 Å². The molecule has 0 bridgehead atoms. The summed E-state index contributed by atoms with van der Waals surface area (Å²) < 4.78 is 23.2. The molecular weight excluding hydrogens is 448 g/mol. The lowest BCUT2D eigenvalue weighted by atomic mass is 9.77. The van der Waals surface area contributed by atoms with E-state index in [2.05, 4.69) is 17.0 Å². The number of ether oxygens (including phenoxy) is 4. The van der Waals surface area contributed by atoms with Gasteiger partial charge in [0.2, 0.25) is 6.79 Å². The van der Waals surface area contributed by atoms with Crippen LogP contribution in [-0.2, 0) is 20.7 Å². The number of rotatable bonds is 5. The Morgan fingerprint density at radius 2 is 1.97 bits per heavy atom. The van der Waals surface area contributed by atoms with Gasteiger partial charge in [-0.15, -0.1) is 0 Å². The maximum Gasteiger partial charge on any atom is 0.337 e. The Balaban J connectivity index is 1.37. The van der Waals surface area contributed by atoms with E-state index in [1.807, 2.05) is 24.3 Å². The number of nitrogens with zero attached hydrogens (tertiary/aromatic N) is 1. The van der Waals surface area contributed by atoms with Gasteiger partial charge < -0.3 is 29.8 Å². The number of hydrogen-bond donors (Lipinski definition) is 2. The van der Waals surface area contributed by atoms with Crippen molar-refractivity contribution in [3.8, 4) is 11.5 Å². The first kappa shape index (κ1) is 22.4. The highest BCUT2D eigenvalue weighted by Crippen LogP contribution is 2.55. The maximum absolute atomic E-state index is 13.2. The second-order valence-electron chi connectivity index (χ2n) is 9.70. The first-order chi connectivity index (χ1) is 17.0. The Hall–Kier alpha value is -3.07. The molecule has 4 aliphatic rings. The number of nitrogens with two attached hydrogens (primary N) is 1. The van der Waals surface area contributed by atoms with E-state index < -0.39 is 24.2 Å². The SMILES string of the molecule is COC1=C[C@]23CCCN2CCc2cc4c(cc2[C@@H]3C1OC(=O)C(O)C(N)c1ccccc1)OCO4. The van der Waals surface area contributed by atoms with Gasteiger partial charge in [-0.2, -0.15) is 0 Å². The van der Waals surface area contributed by atoms with Gasteiger partial charge in [0, 0.05) is 6.54 Å². The number of carbonyl (C=O) groups is 1. The zero-order valence-electron chi connectivity index (χ0n) is 19.7. The summed E-state index contributed by atoms with van der Waals surface area (Å²) in [5.74, 6) is 1.09. The van der Waals surface area contributed by atoms with Gasteiger partial charge in [-0.05, 0) is 60.7 Å². The molecule has 1 saturated heterocycles. The standard InChI is InChI=1S/C27H30N2O6/c1-32-21-14-27-9-5-10-29(27)11-8-17-12-19-20(34-15-33-19)13-18(17)22(27)25(21)35-26(31)24(30)23(28)16-6-3-2-4-7-16/h2-4,6-7,12-14,22-25,30H,5,8-11,15,28H2,1H3/t22-,23?,24?,25?,27+/m1/s1. The van der Waals surface area contributed by atoms with Gasteiger partial charge >= 0.3 is 5.97 Å². The van der Waals surface area contributed by atoms with Crippen molar-refractivity contribution in [1.29, 1.82) is 0 Å². The molecule has 35 heavy (non-hydrogen) atoms. The van der Waals surface area contributed by atoms with E-state index in [1.165, 1.54) is 0 Å². The summed E-state index contributed by atoms with van der Waals surface area (Å²) in [6.07, 6.45) is 2.77. The van der Waals surface area contributed by atoms with Gasteiger partial charge in [0.05, 0.1) is 24.6 Å². The lowest BCUT2D eigenvalue weighted by Crippen LogP contribution is -2.48. The molecule has 5 atom stereocenters. The molecule has 1 spiro atoms. The maximum atomic E-state index is 13.2. The molecule has 0 amide bonds. The largest absolute Gasteiger partial charge is 0.497 e. The number of aliphatic hydroxyl groups is 1. The molecule has 2 aromatic carbocycles. The monoisotopic (exact) mass is 478 g/mol. The van der Waals surface area contributed by atoms with Crippen molar-refractivity contribution in [3.63, 3.8) is 0 Å². The molecule has 8 heteroatoms. The summed E-state index contributed by atoms with van der Waals surface area (Å²) in [7, 11) is 1.60. The van der Waals surface area contributed by atoms with Crippen molar-refractivity contribution >= 4 is 5.97 Å². The summed E-state index contributed by atoms with van der Waals surface area (Å²) in [5.41, 5.74) is 8.78. The van der Waals surface area contributed by atoms with E-state index in [0.29, 0.717) is 17.1 Å². The highest BCUT2D eigenvalue weighted by Gasteiger charge is 2.58. The molecule has 3 N–H and O–H groups in total. The van der Waals surface area contributed by atoms with Crippen LogP contribution in [0.2, 0.25) is 0 Å². The summed E-state index contributed by atoms with van der Waals surface area (Å²) in [4.78, 5) is 15.7. The minimum absolute atomic E-state index is 0.198. The van der Waals surface area contributed by atoms with Crippen LogP contribution in [0.25, 0.3) is 0 Å². The molecule has 0 radical (unpaired) electrons. The van der Waals surface area contributed by atoms with Crippen LogP contribution in [0.4, 0.5) is 0 Å². The smallest absolute Gasteiger partial charge is 0.337 e. The van der Waals surface area contributed by atoms with E-state index in [1.54, 1.807) is 19.2 Å². The van der Waals surface area contributed by atoms with Gasteiger partial charge in [0.1, 0.15) is 5.76 Å². The van der Waals surface area contributed by atoms with Crippen molar-refractivity contribution in [2.24, 2.45) is 5.73 Å². The summed E-state index contributed by atoms with van der Waals surface area (Å²) in [5, 5.41) is 10.8. The molecule has 0 aromatic heterocycles. The van der Waals surface area contributed by atoms with Crippen LogP contribution in [-0.4, -0.2) is 60.7 Å². The average molecular weight is 479 g/mol. The highest BCUT2D eigenvalue weighted by atomic mass is 16.7. The topological polar surface area (TPSA) is 103 Å². The second-order valence-corrected chi connectivity index (χ2v) is 9.70. The van der Waals surface area contributed by atoms with Gasteiger partial charge in [-0.25, -0.2) is 4.79 Å². The van der Waals surface area contributed by atoms with Gasteiger partial charge in [-0.1, -0.05) is 30.3 Å². The van der Waals surface area contributed by atoms with Gasteiger partial charge in [0.25, 0.3) is 0 Å². The molecular formula is C27H30N2O6. The fourth-order valence-corrected chi connectivity index (χ4v) is 6.29. The van der Waals surface area contributed by atoms with Crippen molar-refractivity contribution in [2.75, 3.05) is 27.0 Å². The molecule has 6 rings (SSSR count). The van der Waals surface area contributed by atoms with E-state index in [9.17, 15) is 9.90 Å². The predicted octanol–water partition coefficient (Wildman–Crippen LogP) is 2.41. The highest BCUT2D eigenvalue weighted by molar-refractivity contribution is 5.76. The quantitative estimate of drug-likeness (QED) is 0.632. The number of methoxy groups -OCH3 is 1. The molecule has 1 fully saturated rings. The van der Waals surface area contributed by atoms with Gasteiger partial charge in [-0.3, -0.25) is 4.90 Å². The predicted molar refractivity (Wildman–Crippen MR) is 127 cm³/mol. The molecule has 184 valence electrons. The lowest BCUT2D eigenvalue weighted by molar-refractivity contribution is -0.161. The van der Waals surface area contributed by atoms with Crippen LogP contribution in [0.15, 0.2) is 54.3 Å². The second kappa shape index (κ2) is 8.55. The third-order valence-corrected chi connectivity index (χ3v) is 7.97. The lowest BCUT2D eigenvalue weighted by Gasteiger charge is -2.39. The van der Waals surface area contributed by atoms with Crippen molar-refractivity contribution in [3.05, 3.63) is 71.0 Å². The van der Waals surface area contributed by atoms with Crippen molar-refractivity contribution < 1.29 is 28.8 Å². The van der Waals surface area contributed by atoms with Gasteiger partial charge in [0.15, 0.2) is 23.7 Å². The Morgan fingerprint density at radius 3 is 2.74 bits per heavy atom. The van der Waals surface area contributed by atoms with Crippen LogP contribution in [0.5, 0.6) is 11.5 Å². The van der Waals surface area contributed by atoms with Crippen molar-refractivity contribution in [2.45, 2.75) is 49.0 Å². The number of hydrogen-bond acceptors (Lipinski definition) is 8. The Morgan fingerprint density at radius 1 is 1.20 bits per heavy atom. The minimum atomic E-state index is -1.51. The number of esters is 1. The molecule has 3 aliphatic heterocycles. The fraction of sp³-hybridized carbons (Fsp3) is 0.444. The summed E-state index contributed by atoms with van der Waals surface area (Å²) in [6.45, 7) is 2.05. The first-order valence-corrected chi connectivity index (χ1v) is 12.1. The van der Waals surface area contributed by atoms with E-state index in [4.69, 9.17) is 24.7 Å². The number of carbonyl (C=O) groups excluding carboxylic acids is 1. The average Bonchev–Trinajstić information content (AvgIpc) is 3.57. The molecule has 1 aliphatic carbocycles. The first-order valence-electron chi connectivity index (χ1n) is 12.1. The number of fused-ring (bicyclic) bond motifs is 3.